The van der Waals surface area contributed by atoms with Gasteiger partial charge in [0.05, 0.1) is 13.1 Å². The van der Waals surface area contributed by atoms with Crippen molar-refractivity contribution in [2.24, 2.45) is 0 Å². The van der Waals surface area contributed by atoms with Crippen molar-refractivity contribution in [3.8, 4) is 0 Å². The fourth-order valence-electron chi connectivity index (χ4n) is 2.47. The van der Waals surface area contributed by atoms with E-state index in [1.54, 1.807) is 9.59 Å². The fraction of sp³-hybridized carbons (Fsp3) is 0.200. The standard InChI is InChI=1S/C10H9Br2N3.C10H9BrClN3/c2*1-7-2-4-8(5-3-7)6-15-13-9(11)10(12)14-15/h2*2-5H,6H2,1H3. The minimum absolute atomic E-state index is 0.391. The van der Waals surface area contributed by atoms with Crippen LogP contribution in [-0.4, -0.2) is 30.0 Å². The molecule has 6 nitrogen and oxygen atoms in total. The maximum absolute atomic E-state index is 5.78. The summed E-state index contributed by atoms with van der Waals surface area (Å²) in [5.74, 6) is 0. The zero-order chi connectivity index (χ0) is 21.7. The summed E-state index contributed by atoms with van der Waals surface area (Å²) in [5.41, 5.74) is 4.84. The van der Waals surface area contributed by atoms with E-state index in [-0.39, 0.29) is 0 Å². The van der Waals surface area contributed by atoms with Crippen LogP contribution < -0.4 is 0 Å². The normalized spacial score (nSPS) is 10.6. The molecule has 156 valence electrons. The highest BCUT2D eigenvalue weighted by Crippen LogP contribution is 2.18. The lowest BCUT2D eigenvalue weighted by Crippen LogP contribution is -2.03. The summed E-state index contributed by atoms with van der Waals surface area (Å²) in [6, 6.07) is 16.6. The van der Waals surface area contributed by atoms with Gasteiger partial charge in [0, 0.05) is 0 Å². The third kappa shape index (κ3) is 6.73. The first kappa shape index (κ1) is 23.1. The van der Waals surface area contributed by atoms with Crippen LogP contribution in [0.2, 0.25) is 5.15 Å². The van der Waals surface area contributed by atoms with Gasteiger partial charge in [-0.2, -0.15) is 9.59 Å². The Bertz CT molecular complexity index is 978. The van der Waals surface area contributed by atoms with Gasteiger partial charge in [-0.05, 0) is 72.8 Å². The molecule has 0 spiro atoms. The van der Waals surface area contributed by atoms with Gasteiger partial charge >= 0.3 is 0 Å². The molecule has 0 aliphatic carbocycles. The van der Waals surface area contributed by atoms with Gasteiger partial charge in [0.1, 0.15) is 0 Å². The lowest BCUT2D eigenvalue weighted by molar-refractivity contribution is 0.586. The summed E-state index contributed by atoms with van der Waals surface area (Å²) in [6.45, 7) is 5.45. The van der Waals surface area contributed by atoms with E-state index in [0.717, 1.165) is 14.8 Å². The van der Waals surface area contributed by atoms with Gasteiger partial charge in [-0.25, -0.2) is 0 Å². The van der Waals surface area contributed by atoms with Crippen LogP contribution in [0.5, 0.6) is 0 Å². The summed E-state index contributed by atoms with van der Waals surface area (Å²) in [4.78, 5) is 3.22. The first-order valence-electron chi connectivity index (χ1n) is 8.93. The van der Waals surface area contributed by atoms with E-state index in [4.69, 9.17) is 11.6 Å². The molecule has 0 unspecified atom stereocenters. The van der Waals surface area contributed by atoms with Crippen molar-refractivity contribution in [3.05, 3.63) is 89.7 Å². The van der Waals surface area contributed by atoms with Gasteiger partial charge in [-0.15, -0.1) is 20.4 Å². The third-order valence-electron chi connectivity index (χ3n) is 4.04. The smallest absolute Gasteiger partial charge is 0.178 e. The predicted molar refractivity (Wildman–Crippen MR) is 129 cm³/mol. The van der Waals surface area contributed by atoms with Crippen LogP contribution >= 0.6 is 59.4 Å². The van der Waals surface area contributed by atoms with E-state index in [2.05, 4.69) is 131 Å². The fourth-order valence-corrected chi connectivity index (χ4v) is 3.38. The molecule has 0 aliphatic rings. The van der Waals surface area contributed by atoms with Crippen molar-refractivity contribution in [1.29, 1.82) is 0 Å². The minimum Gasteiger partial charge on any atom is -0.178 e. The molecule has 0 aliphatic heterocycles. The molecule has 0 bridgehead atoms. The second-order valence-electron chi connectivity index (χ2n) is 6.60. The highest BCUT2D eigenvalue weighted by Gasteiger charge is 2.06. The first-order valence-corrected chi connectivity index (χ1v) is 11.7. The third-order valence-corrected chi connectivity index (χ3v) is 6.66. The van der Waals surface area contributed by atoms with Crippen molar-refractivity contribution in [2.45, 2.75) is 26.9 Å². The molecule has 0 N–H and O–H groups in total. The Morgan fingerprint density at radius 2 is 1.00 bits per heavy atom. The molecule has 4 rings (SSSR count). The molecule has 0 amide bonds. The number of hydrogen-bond donors (Lipinski definition) is 0. The Morgan fingerprint density at radius 3 is 1.37 bits per heavy atom. The summed E-state index contributed by atoms with van der Waals surface area (Å²) in [5, 5.41) is 17.0. The molecule has 2 aromatic heterocycles. The van der Waals surface area contributed by atoms with Gasteiger partial charge in [-0.3, -0.25) is 0 Å². The van der Waals surface area contributed by atoms with Crippen LogP contribution in [0.1, 0.15) is 22.3 Å². The quantitative estimate of drug-likeness (QED) is 0.273. The van der Waals surface area contributed by atoms with E-state index in [9.17, 15) is 0 Å². The highest BCUT2D eigenvalue weighted by molar-refractivity contribution is 9.13. The maximum Gasteiger partial charge on any atom is 0.185 e. The van der Waals surface area contributed by atoms with E-state index in [1.807, 2.05) is 0 Å². The van der Waals surface area contributed by atoms with Crippen LogP contribution in [0, 0.1) is 13.8 Å². The number of aryl methyl sites for hydroxylation is 2. The van der Waals surface area contributed by atoms with Gasteiger partial charge < -0.3 is 0 Å². The maximum atomic E-state index is 5.78. The molecule has 4 aromatic rings. The van der Waals surface area contributed by atoms with Gasteiger partial charge in [-0.1, -0.05) is 71.3 Å². The lowest BCUT2D eigenvalue weighted by Gasteiger charge is -2.00. The van der Waals surface area contributed by atoms with Crippen LogP contribution in [0.15, 0.2) is 62.3 Å². The van der Waals surface area contributed by atoms with Crippen LogP contribution in [0.4, 0.5) is 0 Å². The minimum atomic E-state index is 0.391. The Balaban J connectivity index is 0.000000171. The second kappa shape index (κ2) is 10.7. The predicted octanol–water partition coefficient (Wildman–Crippen LogP) is 6.21. The van der Waals surface area contributed by atoms with Gasteiger partial charge in [0.15, 0.2) is 19.0 Å². The molecule has 10 heteroatoms. The monoisotopic (exact) mass is 614 g/mol. The number of hydrogen-bond acceptors (Lipinski definition) is 4. The Labute approximate surface area is 205 Å². The van der Waals surface area contributed by atoms with Crippen LogP contribution in [0.3, 0.4) is 0 Å². The molecule has 0 radical (unpaired) electrons. The van der Waals surface area contributed by atoms with E-state index in [1.165, 1.54) is 16.7 Å². The number of rotatable bonds is 4. The van der Waals surface area contributed by atoms with E-state index in [0.29, 0.717) is 22.8 Å². The molecule has 0 fully saturated rings. The van der Waals surface area contributed by atoms with Crippen LogP contribution in [-0.2, 0) is 13.1 Å². The van der Waals surface area contributed by atoms with Gasteiger partial charge in [0.25, 0.3) is 0 Å². The summed E-state index contributed by atoms with van der Waals surface area (Å²) >= 11 is 15.6. The zero-order valence-electron chi connectivity index (χ0n) is 16.2. The molecule has 0 saturated carbocycles. The molecule has 30 heavy (non-hydrogen) atoms. The lowest BCUT2D eigenvalue weighted by atomic mass is 10.1. The Kier molecular flexibility index (Phi) is 8.21. The number of nitrogens with zero attached hydrogens (tertiary/aromatic N) is 6. The molecular formula is C20H18Br3ClN6. The Morgan fingerprint density at radius 1 is 0.633 bits per heavy atom. The number of aromatic nitrogens is 6. The molecule has 0 saturated heterocycles. The number of halogens is 4. The largest absolute Gasteiger partial charge is 0.185 e. The average molecular weight is 618 g/mol. The van der Waals surface area contributed by atoms with Crippen molar-refractivity contribution >= 4 is 59.4 Å². The van der Waals surface area contributed by atoms with Crippen LogP contribution in [0.25, 0.3) is 0 Å². The van der Waals surface area contributed by atoms with E-state index < -0.39 is 0 Å². The van der Waals surface area contributed by atoms with E-state index >= 15 is 0 Å². The topological polar surface area (TPSA) is 61.4 Å². The Hall–Kier alpha value is -1.55. The summed E-state index contributed by atoms with van der Waals surface area (Å²) < 4.78 is 2.04. The van der Waals surface area contributed by atoms with Gasteiger partial charge in [0.2, 0.25) is 0 Å². The molecule has 2 aromatic carbocycles. The number of benzene rings is 2. The average Bonchev–Trinajstić information content (AvgIpc) is 3.19. The SMILES string of the molecule is Cc1ccc(Cn2nc(Br)c(Br)n2)cc1.Cc1ccc(Cn2nc(Cl)c(Br)n2)cc1. The molecule has 2 heterocycles. The van der Waals surface area contributed by atoms with Crippen molar-refractivity contribution in [3.63, 3.8) is 0 Å². The second-order valence-corrected chi connectivity index (χ2v) is 9.21. The van der Waals surface area contributed by atoms with Crippen molar-refractivity contribution < 1.29 is 0 Å². The summed E-state index contributed by atoms with van der Waals surface area (Å²) in [7, 11) is 0. The van der Waals surface area contributed by atoms with Crippen molar-refractivity contribution in [2.75, 3.05) is 0 Å². The van der Waals surface area contributed by atoms with Crippen molar-refractivity contribution in [1.82, 2.24) is 30.0 Å². The highest BCUT2D eigenvalue weighted by atomic mass is 79.9. The molecule has 0 atom stereocenters. The zero-order valence-corrected chi connectivity index (χ0v) is 21.7. The summed E-state index contributed by atoms with van der Waals surface area (Å²) in [6.07, 6.45) is 0. The molecular weight excluding hydrogens is 599 g/mol. The first-order chi connectivity index (χ1) is 14.3.